The zero-order valence-corrected chi connectivity index (χ0v) is 15.6. The minimum Gasteiger partial charge on any atom is -0.327 e. The Kier molecular flexibility index (Phi) is 5.03. The van der Waals surface area contributed by atoms with E-state index in [-0.39, 0.29) is 5.91 Å². The maximum absolute atomic E-state index is 12.7. The van der Waals surface area contributed by atoms with Gasteiger partial charge >= 0.3 is 0 Å². The molecule has 0 aliphatic carbocycles. The van der Waals surface area contributed by atoms with Gasteiger partial charge < -0.3 is 9.80 Å². The van der Waals surface area contributed by atoms with E-state index in [9.17, 15) is 4.79 Å². The van der Waals surface area contributed by atoms with Crippen LogP contribution >= 0.6 is 0 Å². The van der Waals surface area contributed by atoms with Crippen LogP contribution in [-0.4, -0.2) is 46.8 Å². The Balaban J connectivity index is 1.51. The monoisotopic (exact) mass is 361 g/mol. The summed E-state index contributed by atoms with van der Waals surface area (Å²) in [5.74, 6) is 0.0816. The molecule has 5 nitrogen and oxygen atoms in total. The van der Waals surface area contributed by atoms with Crippen LogP contribution in [0.15, 0.2) is 73.1 Å². The minimum absolute atomic E-state index is 0.0816. The van der Waals surface area contributed by atoms with E-state index in [1.165, 1.54) is 16.0 Å². The third-order valence-electron chi connectivity index (χ3n) is 5.32. The molecule has 1 fully saturated rings. The number of aryl methyl sites for hydroxylation is 1. The van der Waals surface area contributed by atoms with Crippen LogP contribution in [-0.2, 0) is 7.05 Å². The third-order valence-corrected chi connectivity index (χ3v) is 5.32. The van der Waals surface area contributed by atoms with Crippen molar-refractivity contribution < 1.29 is 9.69 Å². The molecule has 0 saturated carbocycles. The fourth-order valence-corrected chi connectivity index (χ4v) is 3.95. The highest BCUT2D eigenvalue weighted by Crippen LogP contribution is 2.19. The van der Waals surface area contributed by atoms with Gasteiger partial charge in [0.15, 0.2) is 0 Å². The number of aromatic nitrogens is 2. The van der Waals surface area contributed by atoms with Crippen LogP contribution in [0, 0.1) is 0 Å². The van der Waals surface area contributed by atoms with Gasteiger partial charge in [0.1, 0.15) is 6.04 Å². The largest absolute Gasteiger partial charge is 0.327 e. The smallest absolute Gasteiger partial charge is 0.257 e. The Morgan fingerprint density at radius 3 is 2.00 bits per heavy atom. The zero-order valence-electron chi connectivity index (χ0n) is 15.6. The number of amides is 1. The maximum atomic E-state index is 12.7. The fourth-order valence-electron chi connectivity index (χ4n) is 3.95. The molecule has 0 spiro atoms. The molecule has 138 valence electrons. The van der Waals surface area contributed by atoms with E-state index in [2.05, 4.69) is 65.8 Å². The average molecular weight is 361 g/mol. The van der Waals surface area contributed by atoms with Crippen molar-refractivity contribution in [2.75, 3.05) is 26.2 Å². The number of benzene rings is 2. The summed E-state index contributed by atoms with van der Waals surface area (Å²) in [6.07, 6.45) is 3.44. The zero-order chi connectivity index (χ0) is 18.6. The molecule has 1 aliphatic heterocycles. The summed E-state index contributed by atoms with van der Waals surface area (Å²) >= 11 is 0. The van der Waals surface area contributed by atoms with E-state index < -0.39 is 0 Å². The second-order valence-corrected chi connectivity index (χ2v) is 7.11. The van der Waals surface area contributed by atoms with E-state index in [4.69, 9.17) is 0 Å². The molecular weight excluding hydrogens is 336 g/mol. The van der Waals surface area contributed by atoms with E-state index in [0.29, 0.717) is 11.6 Å². The van der Waals surface area contributed by atoms with Crippen LogP contribution in [0.1, 0.15) is 27.5 Å². The van der Waals surface area contributed by atoms with E-state index in [1.807, 2.05) is 11.9 Å². The summed E-state index contributed by atoms with van der Waals surface area (Å²) in [6.45, 7) is 3.39. The Morgan fingerprint density at radius 1 is 0.963 bits per heavy atom. The number of nitrogens with zero attached hydrogens (tertiary/aromatic N) is 3. The summed E-state index contributed by atoms with van der Waals surface area (Å²) in [5.41, 5.74) is 3.32. The van der Waals surface area contributed by atoms with E-state index >= 15 is 0 Å². The molecule has 2 aromatic carbocycles. The Hall–Kier alpha value is -2.92. The lowest BCUT2D eigenvalue weighted by atomic mass is 9.96. The molecule has 1 N–H and O–H groups in total. The molecule has 3 aromatic rings. The number of hydrogen-bond donors (Lipinski definition) is 1. The van der Waals surface area contributed by atoms with Gasteiger partial charge in [0, 0.05) is 24.4 Å². The van der Waals surface area contributed by atoms with Crippen molar-refractivity contribution in [3.05, 3.63) is 89.7 Å². The van der Waals surface area contributed by atoms with Crippen molar-refractivity contribution in [3.63, 3.8) is 0 Å². The van der Waals surface area contributed by atoms with Crippen LogP contribution in [0.5, 0.6) is 0 Å². The molecule has 1 amide bonds. The van der Waals surface area contributed by atoms with Crippen LogP contribution in [0.2, 0.25) is 0 Å². The first-order chi connectivity index (χ1) is 13.2. The van der Waals surface area contributed by atoms with Crippen molar-refractivity contribution in [3.8, 4) is 0 Å². The first kappa shape index (κ1) is 17.5. The van der Waals surface area contributed by atoms with Gasteiger partial charge in [-0.2, -0.15) is 5.10 Å². The normalized spacial score (nSPS) is 15.3. The molecule has 1 aromatic heterocycles. The highest BCUT2D eigenvalue weighted by molar-refractivity contribution is 5.93. The van der Waals surface area contributed by atoms with Crippen molar-refractivity contribution in [1.29, 1.82) is 0 Å². The van der Waals surface area contributed by atoms with Crippen LogP contribution < -0.4 is 4.90 Å². The number of carbonyl (C=O) groups excluding carboxylic acids is 1. The summed E-state index contributed by atoms with van der Waals surface area (Å²) in [6, 6.07) is 21.7. The summed E-state index contributed by atoms with van der Waals surface area (Å²) in [5, 5.41) is 4.12. The lowest BCUT2D eigenvalue weighted by Crippen LogP contribution is -3.15. The second-order valence-electron chi connectivity index (χ2n) is 7.11. The van der Waals surface area contributed by atoms with Crippen LogP contribution in [0.25, 0.3) is 0 Å². The van der Waals surface area contributed by atoms with Gasteiger partial charge in [0.2, 0.25) is 0 Å². The predicted octanol–water partition coefficient (Wildman–Crippen LogP) is 1.55. The SMILES string of the molecule is Cn1cc(C(=O)N2CC[NH+](C(c3ccccc3)c3ccccc3)CC2)cn1. The second kappa shape index (κ2) is 7.76. The molecule has 27 heavy (non-hydrogen) atoms. The quantitative estimate of drug-likeness (QED) is 0.766. The lowest BCUT2D eigenvalue weighted by molar-refractivity contribution is -0.929. The molecule has 1 aliphatic rings. The van der Waals surface area contributed by atoms with Crippen LogP contribution in [0.3, 0.4) is 0 Å². The van der Waals surface area contributed by atoms with E-state index in [0.717, 1.165) is 26.2 Å². The molecule has 0 unspecified atom stereocenters. The standard InChI is InChI=1S/C22H24N4O/c1-24-17-20(16-23-24)22(27)26-14-12-25(13-15-26)21(18-8-4-2-5-9-18)19-10-6-3-7-11-19/h2-11,16-17,21H,12-15H2,1H3/p+1. The van der Waals surface area contributed by atoms with Crippen molar-refractivity contribution in [2.45, 2.75) is 6.04 Å². The summed E-state index contributed by atoms with van der Waals surface area (Å²) in [4.78, 5) is 16.1. The number of rotatable bonds is 4. The topological polar surface area (TPSA) is 42.6 Å². The van der Waals surface area contributed by atoms with Gasteiger partial charge in [-0.3, -0.25) is 9.48 Å². The summed E-state index contributed by atoms with van der Waals surface area (Å²) in [7, 11) is 1.84. The number of piperazine rings is 1. The van der Waals surface area contributed by atoms with Gasteiger partial charge in [0.25, 0.3) is 5.91 Å². The van der Waals surface area contributed by atoms with Gasteiger partial charge in [-0.15, -0.1) is 0 Å². The first-order valence-electron chi connectivity index (χ1n) is 9.45. The van der Waals surface area contributed by atoms with Crippen molar-refractivity contribution in [1.82, 2.24) is 14.7 Å². The van der Waals surface area contributed by atoms with Gasteiger partial charge in [0.05, 0.1) is 37.9 Å². The summed E-state index contributed by atoms with van der Waals surface area (Å²) < 4.78 is 1.68. The Morgan fingerprint density at radius 2 is 1.52 bits per heavy atom. The fraction of sp³-hybridized carbons (Fsp3) is 0.273. The molecule has 0 bridgehead atoms. The number of quaternary nitrogens is 1. The first-order valence-corrected chi connectivity index (χ1v) is 9.45. The van der Waals surface area contributed by atoms with Crippen LogP contribution in [0.4, 0.5) is 0 Å². The van der Waals surface area contributed by atoms with Gasteiger partial charge in [-0.25, -0.2) is 0 Å². The molecule has 5 heteroatoms. The molecule has 4 rings (SSSR count). The Bertz CT molecular complexity index is 843. The highest BCUT2D eigenvalue weighted by atomic mass is 16.2. The predicted molar refractivity (Wildman–Crippen MR) is 105 cm³/mol. The average Bonchev–Trinajstić information content (AvgIpc) is 3.16. The lowest BCUT2D eigenvalue weighted by Gasteiger charge is -2.37. The highest BCUT2D eigenvalue weighted by Gasteiger charge is 2.31. The van der Waals surface area contributed by atoms with Crippen molar-refractivity contribution >= 4 is 5.91 Å². The maximum Gasteiger partial charge on any atom is 0.257 e. The molecule has 0 atom stereocenters. The van der Waals surface area contributed by atoms with Gasteiger partial charge in [-0.1, -0.05) is 60.7 Å². The Labute approximate surface area is 159 Å². The third kappa shape index (κ3) is 3.78. The van der Waals surface area contributed by atoms with E-state index in [1.54, 1.807) is 17.1 Å². The minimum atomic E-state index is 0.0816. The van der Waals surface area contributed by atoms with Crippen molar-refractivity contribution in [2.24, 2.45) is 7.05 Å². The number of nitrogens with one attached hydrogen (secondary N) is 1. The molecule has 2 heterocycles. The molecule has 0 radical (unpaired) electrons. The number of hydrogen-bond acceptors (Lipinski definition) is 2. The molecular formula is C22H25N4O+. The van der Waals surface area contributed by atoms with Gasteiger partial charge in [-0.05, 0) is 0 Å². The molecule has 1 saturated heterocycles. The number of carbonyl (C=O) groups is 1.